The summed E-state index contributed by atoms with van der Waals surface area (Å²) < 4.78 is 25.9. The first kappa shape index (κ1) is 21.5. The maximum atomic E-state index is 13.2. The molecule has 0 saturated heterocycles. The maximum Gasteiger partial charge on any atom is 0.260 e. The maximum absolute atomic E-state index is 13.2. The lowest BCUT2D eigenvalue weighted by Gasteiger charge is -2.15. The minimum absolute atomic E-state index is 0.181. The fourth-order valence-corrected chi connectivity index (χ4v) is 3.15. The van der Waals surface area contributed by atoms with E-state index in [1.54, 1.807) is 35.7 Å². The Labute approximate surface area is 187 Å². The van der Waals surface area contributed by atoms with Crippen LogP contribution in [-0.4, -0.2) is 45.0 Å². The van der Waals surface area contributed by atoms with Gasteiger partial charge in [-0.25, -0.2) is 4.39 Å². The molecule has 0 saturated carbocycles. The number of carbonyl (C=O) groups is 1. The van der Waals surface area contributed by atoms with E-state index in [1.165, 1.54) is 18.2 Å². The van der Waals surface area contributed by atoms with Gasteiger partial charge in [-0.15, -0.1) is 15.3 Å². The van der Waals surface area contributed by atoms with Crippen molar-refractivity contribution in [1.82, 2.24) is 25.1 Å². The summed E-state index contributed by atoms with van der Waals surface area (Å²) in [5.74, 6) is 0.334. The number of carbonyl (C=O) groups excluding carboxylic acids is 1. The molecular formula is C22H19ClFN5O3. The second kappa shape index (κ2) is 9.61. The van der Waals surface area contributed by atoms with Crippen molar-refractivity contribution in [3.05, 3.63) is 71.5 Å². The van der Waals surface area contributed by atoms with E-state index in [0.29, 0.717) is 27.9 Å². The molecule has 0 aliphatic carbocycles. The fraction of sp³-hybridized carbons (Fsp3) is 0.182. The summed E-state index contributed by atoms with van der Waals surface area (Å²) in [6.07, 6.45) is -0.790. The number of nitrogens with zero attached hydrogens (tertiary/aromatic N) is 4. The molecule has 0 fully saturated rings. The van der Waals surface area contributed by atoms with Gasteiger partial charge in [-0.05, 0) is 37.3 Å². The zero-order valence-electron chi connectivity index (χ0n) is 17.0. The summed E-state index contributed by atoms with van der Waals surface area (Å²) in [5.41, 5.74) is 1.25. The van der Waals surface area contributed by atoms with Crippen LogP contribution in [-0.2, 0) is 4.79 Å². The van der Waals surface area contributed by atoms with E-state index in [-0.39, 0.29) is 24.8 Å². The Bertz CT molecular complexity index is 1250. The van der Waals surface area contributed by atoms with Crippen LogP contribution in [0, 0.1) is 5.82 Å². The van der Waals surface area contributed by atoms with Gasteiger partial charge in [-0.3, -0.25) is 4.79 Å². The van der Waals surface area contributed by atoms with Crippen LogP contribution in [0.25, 0.3) is 17.0 Å². The molecule has 0 spiro atoms. The van der Waals surface area contributed by atoms with Crippen LogP contribution < -0.4 is 14.8 Å². The number of benzene rings is 2. The van der Waals surface area contributed by atoms with E-state index in [4.69, 9.17) is 21.1 Å². The number of hydrogen-bond acceptors (Lipinski definition) is 6. The molecule has 0 aliphatic rings. The summed E-state index contributed by atoms with van der Waals surface area (Å²) in [5, 5.41) is 15.9. The molecule has 1 unspecified atom stereocenters. The molecule has 10 heteroatoms. The summed E-state index contributed by atoms with van der Waals surface area (Å²) in [6, 6.07) is 16.3. The number of halogens is 2. The van der Waals surface area contributed by atoms with Crippen molar-refractivity contribution in [3.8, 4) is 23.0 Å². The van der Waals surface area contributed by atoms with E-state index in [0.717, 1.165) is 0 Å². The SMILES string of the molecule is CC(Oc1cccc(F)c1)C(=O)NCCOc1ccc2nnc(-c3ccccc3Cl)n2n1. The van der Waals surface area contributed by atoms with Crippen LogP contribution in [0.4, 0.5) is 4.39 Å². The first-order valence-corrected chi connectivity index (χ1v) is 10.2. The Hall–Kier alpha value is -3.72. The number of fused-ring (bicyclic) bond motifs is 1. The monoisotopic (exact) mass is 455 g/mol. The van der Waals surface area contributed by atoms with E-state index in [9.17, 15) is 9.18 Å². The van der Waals surface area contributed by atoms with Gasteiger partial charge in [0.05, 0.1) is 11.6 Å². The molecule has 1 N–H and O–H groups in total. The molecule has 0 bridgehead atoms. The first-order valence-electron chi connectivity index (χ1n) is 9.81. The van der Waals surface area contributed by atoms with Crippen molar-refractivity contribution in [2.24, 2.45) is 0 Å². The van der Waals surface area contributed by atoms with Gasteiger partial charge in [-0.2, -0.15) is 4.52 Å². The Morgan fingerprint density at radius 3 is 2.81 bits per heavy atom. The molecule has 0 radical (unpaired) electrons. The summed E-state index contributed by atoms with van der Waals surface area (Å²) in [7, 11) is 0. The minimum atomic E-state index is -0.790. The average molecular weight is 456 g/mol. The molecule has 1 amide bonds. The quantitative estimate of drug-likeness (QED) is 0.409. The van der Waals surface area contributed by atoms with Crippen LogP contribution in [0.15, 0.2) is 60.7 Å². The number of aromatic nitrogens is 4. The molecule has 32 heavy (non-hydrogen) atoms. The Balaban J connectivity index is 1.33. The van der Waals surface area contributed by atoms with Crippen molar-refractivity contribution in [2.75, 3.05) is 13.2 Å². The lowest BCUT2D eigenvalue weighted by atomic mass is 10.2. The van der Waals surface area contributed by atoms with Gasteiger partial charge in [0.25, 0.3) is 5.91 Å². The number of rotatable bonds is 8. The second-order valence-corrected chi connectivity index (χ2v) is 7.21. The number of amides is 1. The molecule has 164 valence electrons. The standard InChI is InChI=1S/C22H19ClFN5O3/c1-14(32-16-6-4-5-15(24)13-16)22(30)25-11-12-31-20-10-9-19-26-27-21(29(19)28-20)17-7-2-3-8-18(17)23/h2-10,13-14H,11-12H2,1H3,(H,25,30). The summed E-state index contributed by atoms with van der Waals surface area (Å²) in [6.45, 7) is 1.99. The second-order valence-electron chi connectivity index (χ2n) is 6.80. The molecule has 2 aromatic carbocycles. The third kappa shape index (κ3) is 4.94. The predicted octanol–water partition coefficient (Wildman–Crippen LogP) is 3.55. The number of hydrogen-bond donors (Lipinski definition) is 1. The molecule has 2 heterocycles. The third-order valence-corrected chi connectivity index (χ3v) is 4.81. The number of ether oxygens (including phenoxy) is 2. The summed E-state index contributed by atoms with van der Waals surface area (Å²) in [4.78, 5) is 12.2. The number of nitrogens with one attached hydrogen (secondary N) is 1. The van der Waals surface area contributed by atoms with Crippen LogP contribution in [0.1, 0.15) is 6.92 Å². The topological polar surface area (TPSA) is 90.6 Å². The first-order chi connectivity index (χ1) is 15.5. The smallest absolute Gasteiger partial charge is 0.260 e. The van der Waals surface area contributed by atoms with E-state index in [1.807, 2.05) is 18.2 Å². The lowest BCUT2D eigenvalue weighted by Crippen LogP contribution is -2.38. The van der Waals surface area contributed by atoms with Crippen LogP contribution >= 0.6 is 11.6 Å². The third-order valence-electron chi connectivity index (χ3n) is 4.48. The fourth-order valence-electron chi connectivity index (χ4n) is 2.93. The van der Waals surface area contributed by atoms with Crippen LogP contribution in [0.3, 0.4) is 0 Å². The molecule has 2 aromatic heterocycles. The highest BCUT2D eigenvalue weighted by Gasteiger charge is 2.15. The van der Waals surface area contributed by atoms with Gasteiger partial charge in [0.2, 0.25) is 5.88 Å². The zero-order chi connectivity index (χ0) is 22.5. The largest absolute Gasteiger partial charge is 0.481 e. The Morgan fingerprint density at radius 2 is 2.00 bits per heavy atom. The van der Waals surface area contributed by atoms with Crippen molar-refractivity contribution in [3.63, 3.8) is 0 Å². The zero-order valence-corrected chi connectivity index (χ0v) is 17.8. The van der Waals surface area contributed by atoms with Gasteiger partial charge >= 0.3 is 0 Å². The van der Waals surface area contributed by atoms with E-state index >= 15 is 0 Å². The highest BCUT2D eigenvalue weighted by molar-refractivity contribution is 6.33. The van der Waals surface area contributed by atoms with E-state index in [2.05, 4.69) is 20.6 Å². The summed E-state index contributed by atoms with van der Waals surface area (Å²) >= 11 is 6.26. The van der Waals surface area contributed by atoms with Crippen molar-refractivity contribution >= 4 is 23.2 Å². The van der Waals surface area contributed by atoms with Crippen LogP contribution in [0.2, 0.25) is 5.02 Å². The lowest BCUT2D eigenvalue weighted by molar-refractivity contribution is -0.127. The van der Waals surface area contributed by atoms with Crippen molar-refractivity contribution < 1.29 is 18.7 Å². The van der Waals surface area contributed by atoms with Gasteiger partial charge in [-0.1, -0.05) is 29.8 Å². The molecule has 4 aromatic rings. The Morgan fingerprint density at radius 1 is 1.16 bits per heavy atom. The molecule has 4 rings (SSSR count). The van der Waals surface area contributed by atoms with Crippen LogP contribution in [0.5, 0.6) is 11.6 Å². The van der Waals surface area contributed by atoms with Gasteiger partial charge in [0.1, 0.15) is 18.2 Å². The molecule has 0 aliphatic heterocycles. The minimum Gasteiger partial charge on any atom is -0.481 e. The van der Waals surface area contributed by atoms with Gasteiger partial charge < -0.3 is 14.8 Å². The highest BCUT2D eigenvalue weighted by Crippen LogP contribution is 2.26. The van der Waals surface area contributed by atoms with Crippen molar-refractivity contribution in [1.29, 1.82) is 0 Å². The average Bonchev–Trinajstić information content (AvgIpc) is 3.20. The van der Waals surface area contributed by atoms with Crippen molar-refractivity contribution in [2.45, 2.75) is 13.0 Å². The normalized spacial score (nSPS) is 11.8. The van der Waals surface area contributed by atoms with Gasteiger partial charge in [0.15, 0.2) is 17.6 Å². The van der Waals surface area contributed by atoms with Gasteiger partial charge in [0, 0.05) is 17.7 Å². The molecular weight excluding hydrogens is 437 g/mol. The molecule has 1 atom stereocenters. The molecule has 8 nitrogen and oxygen atoms in total. The predicted molar refractivity (Wildman–Crippen MR) is 116 cm³/mol. The van der Waals surface area contributed by atoms with E-state index < -0.39 is 11.9 Å². The highest BCUT2D eigenvalue weighted by atomic mass is 35.5. The Kier molecular flexibility index (Phi) is 6.46.